The highest BCUT2D eigenvalue weighted by molar-refractivity contribution is 7.12. The molecule has 3 rings (SSSR count). The van der Waals surface area contributed by atoms with Crippen LogP contribution < -0.4 is 15.4 Å². The van der Waals surface area contributed by atoms with Crippen LogP contribution in [-0.2, 0) is 26.1 Å². The number of aldehydes is 2. The predicted molar refractivity (Wildman–Crippen MR) is 164 cm³/mol. The Bertz CT molecular complexity index is 1470. The second kappa shape index (κ2) is 15.9. The van der Waals surface area contributed by atoms with Gasteiger partial charge in [0.05, 0.1) is 6.54 Å². The number of rotatable bonds is 7. The van der Waals surface area contributed by atoms with E-state index in [1.165, 1.54) is 20.9 Å². The number of pyridine rings is 1. The number of nitrogens with one attached hydrogen (secondary N) is 2. The third-order valence-electron chi connectivity index (χ3n) is 5.40. The van der Waals surface area contributed by atoms with Crippen LogP contribution in [0.4, 0.5) is 19.8 Å². The van der Waals surface area contributed by atoms with E-state index in [-0.39, 0.29) is 25.1 Å². The standard InChI is InChI=1S/C22H27FN6O3S.C7H13NO3/c1-22(2,3)32-21(31)29-10-7-14(8-11-29)18(16(23)13-30)26-20-28(5)27-19(33-20)15-6-9-25-17(12-15)24-4;1-7(2,3)11-6(10)8-4-5-9/h6-7,9,12-13H,8,10-11H2,1-5H3,(H,24,25);5H,4H2,1-3H3,(H,8,10)/b18-16+,26-20?;. The summed E-state index contributed by atoms with van der Waals surface area (Å²) in [5.41, 5.74) is 0.225. The van der Waals surface area contributed by atoms with E-state index >= 15 is 0 Å². The van der Waals surface area contributed by atoms with Crippen molar-refractivity contribution in [1.29, 1.82) is 0 Å². The van der Waals surface area contributed by atoms with Gasteiger partial charge in [-0.3, -0.25) is 4.79 Å². The Balaban J connectivity index is 0.000000523. The number of ether oxygens (including phenoxy) is 2. The van der Waals surface area contributed by atoms with Gasteiger partial charge in [-0.15, -0.1) is 0 Å². The Labute approximate surface area is 259 Å². The number of hydrogen-bond acceptors (Lipinski definition) is 11. The van der Waals surface area contributed by atoms with Crippen LogP contribution in [0.3, 0.4) is 0 Å². The maximum absolute atomic E-state index is 14.5. The van der Waals surface area contributed by atoms with Gasteiger partial charge in [0.1, 0.15) is 34.0 Å². The quantitative estimate of drug-likeness (QED) is 0.338. The second-order valence-corrected chi connectivity index (χ2v) is 12.3. The summed E-state index contributed by atoms with van der Waals surface area (Å²) in [6, 6.07) is 3.67. The van der Waals surface area contributed by atoms with Gasteiger partial charge in [0.25, 0.3) is 0 Å². The summed E-state index contributed by atoms with van der Waals surface area (Å²) in [4.78, 5) is 54.6. The number of halogens is 1. The van der Waals surface area contributed by atoms with Crippen LogP contribution in [0.25, 0.3) is 10.6 Å². The summed E-state index contributed by atoms with van der Waals surface area (Å²) in [6.45, 7) is 11.2. The molecule has 0 bridgehead atoms. The molecule has 2 aromatic rings. The van der Waals surface area contributed by atoms with E-state index in [1.54, 1.807) is 67.9 Å². The zero-order chi connectivity index (χ0) is 33.1. The normalized spacial score (nSPS) is 14.3. The van der Waals surface area contributed by atoms with Crippen LogP contribution in [0.15, 0.2) is 46.5 Å². The molecule has 0 fully saturated rings. The summed E-state index contributed by atoms with van der Waals surface area (Å²) < 4.78 is 26.3. The van der Waals surface area contributed by atoms with Crippen molar-refractivity contribution in [1.82, 2.24) is 25.0 Å². The number of aromatic nitrogens is 3. The third kappa shape index (κ3) is 11.7. The third-order valence-corrected chi connectivity index (χ3v) is 6.45. The topological polar surface area (TPSA) is 157 Å². The molecule has 0 aromatic carbocycles. The zero-order valence-electron chi connectivity index (χ0n) is 26.3. The summed E-state index contributed by atoms with van der Waals surface area (Å²) in [6.07, 6.45) is 3.44. The van der Waals surface area contributed by atoms with E-state index in [2.05, 4.69) is 25.7 Å². The summed E-state index contributed by atoms with van der Waals surface area (Å²) in [5.74, 6) is -0.276. The molecule has 1 aliphatic heterocycles. The van der Waals surface area contributed by atoms with Crippen molar-refractivity contribution < 1.29 is 33.0 Å². The summed E-state index contributed by atoms with van der Waals surface area (Å²) in [5, 5.41) is 10.4. The van der Waals surface area contributed by atoms with E-state index in [0.717, 1.165) is 5.56 Å². The fourth-order valence-corrected chi connectivity index (χ4v) is 4.40. The zero-order valence-corrected chi connectivity index (χ0v) is 27.1. The van der Waals surface area contributed by atoms with Crippen LogP contribution in [0.1, 0.15) is 48.0 Å². The van der Waals surface area contributed by atoms with Crippen molar-refractivity contribution >= 4 is 41.9 Å². The Morgan fingerprint density at radius 1 is 1.16 bits per heavy atom. The Kier molecular flexibility index (Phi) is 12.9. The minimum Gasteiger partial charge on any atom is -0.444 e. The summed E-state index contributed by atoms with van der Waals surface area (Å²) in [7, 11) is 3.48. The molecule has 0 atom stereocenters. The van der Waals surface area contributed by atoms with E-state index in [4.69, 9.17) is 9.47 Å². The average molecular weight is 634 g/mol. The average Bonchev–Trinajstić information content (AvgIpc) is 3.33. The number of aryl methyl sites for hydroxylation is 1. The SMILES string of the molecule is CC(C)(C)OC(=O)NCC=O.CNc1cc(-c2nn(C)c(=N/C(C3=CCN(C(=O)OC(C)(C)C)CC3)=C(/F)C=O)s2)ccn1. The lowest BCUT2D eigenvalue weighted by Crippen LogP contribution is -2.39. The molecule has 44 heavy (non-hydrogen) atoms. The molecular formula is C29H40FN7O6S. The molecule has 1 aliphatic rings. The van der Waals surface area contributed by atoms with Crippen LogP contribution in [-0.4, -0.2) is 82.3 Å². The highest BCUT2D eigenvalue weighted by Crippen LogP contribution is 2.25. The highest BCUT2D eigenvalue weighted by atomic mass is 32.1. The van der Waals surface area contributed by atoms with Gasteiger partial charge < -0.3 is 29.8 Å². The van der Waals surface area contributed by atoms with E-state index in [1.807, 2.05) is 12.1 Å². The Morgan fingerprint density at radius 3 is 2.39 bits per heavy atom. The smallest absolute Gasteiger partial charge is 0.410 e. The molecule has 0 spiro atoms. The number of carbonyl (C=O) groups excluding carboxylic acids is 4. The van der Waals surface area contributed by atoms with Crippen molar-refractivity contribution in [3.63, 3.8) is 0 Å². The maximum atomic E-state index is 14.5. The van der Waals surface area contributed by atoms with Crippen LogP contribution in [0, 0.1) is 0 Å². The molecule has 2 N–H and O–H groups in total. The van der Waals surface area contributed by atoms with Gasteiger partial charge in [-0.1, -0.05) is 17.4 Å². The molecule has 0 unspecified atom stereocenters. The van der Waals surface area contributed by atoms with Crippen LogP contribution >= 0.6 is 11.3 Å². The second-order valence-electron chi connectivity index (χ2n) is 11.4. The number of allylic oxidation sites excluding steroid dienone is 2. The number of hydrogen-bond donors (Lipinski definition) is 2. The van der Waals surface area contributed by atoms with Crippen molar-refractivity contribution in [2.45, 2.75) is 59.2 Å². The summed E-state index contributed by atoms with van der Waals surface area (Å²) >= 11 is 1.26. The molecule has 13 nitrogen and oxygen atoms in total. The largest absolute Gasteiger partial charge is 0.444 e. The highest BCUT2D eigenvalue weighted by Gasteiger charge is 2.25. The molecule has 0 saturated carbocycles. The van der Waals surface area contributed by atoms with Gasteiger partial charge in [-0.05, 0) is 65.7 Å². The lowest BCUT2D eigenvalue weighted by atomic mass is 10.0. The fourth-order valence-electron chi connectivity index (χ4n) is 3.51. The molecule has 240 valence electrons. The van der Waals surface area contributed by atoms with Crippen molar-refractivity contribution in [2.75, 3.05) is 32.0 Å². The first kappa shape index (κ1) is 35.8. The molecule has 0 saturated heterocycles. The van der Waals surface area contributed by atoms with Gasteiger partial charge in [0, 0.05) is 38.9 Å². The van der Waals surface area contributed by atoms with Crippen molar-refractivity contribution in [2.24, 2.45) is 12.0 Å². The van der Waals surface area contributed by atoms with E-state index in [0.29, 0.717) is 40.5 Å². The van der Waals surface area contributed by atoms with Gasteiger partial charge >= 0.3 is 12.2 Å². The molecule has 0 aliphatic carbocycles. The van der Waals surface area contributed by atoms with Gasteiger partial charge in [-0.2, -0.15) is 5.10 Å². The molecule has 2 amide bonds. The van der Waals surface area contributed by atoms with E-state index in [9.17, 15) is 23.6 Å². The molecule has 15 heteroatoms. The Morgan fingerprint density at radius 2 is 1.84 bits per heavy atom. The monoisotopic (exact) mass is 633 g/mol. The molecule has 3 heterocycles. The van der Waals surface area contributed by atoms with Crippen molar-refractivity contribution in [3.8, 4) is 10.6 Å². The first-order chi connectivity index (χ1) is 20.6. The van der Waals surface area contributed by atoms with Crippen LogP contribution in [0.5, 0.6) is 0 Å². The number of amides is 2. The number of anilines is 1. The number of alkyl carbamates (subject to hydrolysis) is 1. The minimum atomic E-state index is -0.969. The lowest BCUT2D eigenvalue weighted by molar-refractivity contribution is -0.107. The number of carbonyl (C=O) groups is 4. The molecule has 0 radical (unpaired) electrons. The van der Waals surface area contributed by atoms with Crippen LogP contribution in [0.2, 0.25) is 0 Å². The first-order valence-corrected chi connectivity index (χ1v) is 14.5. The van der Waals surface area contributed by atoms with Gasteiger partial charge in [0.15, 0.2) is 12.1 Å². The minimum absolute atomic E-state index is 0.00505. The lowest BCUT2D eigenvalue weighted by Gasteiger charge is -2.29. The van der Waals surface area contributed by atoms with E-state index < -0.39 is 29.2 Å². The molecule has 2 aromatic heterocycles. The van der Waals surface area contributed by atoms with Crippen molar-refractivity contribution in [3.05, 3.63) is 46.3 Å². The maximum Gasteiger partial charge on any atom is 0.410 e. The first-order valence-electron chi connectivity index (χ1n) is 13.7. The van der Waals surface area contributed by atoms with Gasteiger partial charge in [-0.25, -0.2) is 28.6 Å². The Hall–Kier alpha value is -4.40. The molecular weight excluding hydrogens is 593 g/mol. The number of nitrogens with zero attached hydrogens (tertiary/aromatic N) is 5. The fraction of sp³-hybridized carbons (Fsp3) is 0.483. The van der Waals surface area contributed by atoms with Gasteiger partial charge in [0.2, 0.25) is 4.80 Å². The predicted octanol–water partition coefficient (Wildman–Crippen LogP) is 4.14.